The highest BCUT2D eigenvalue weighted by atomic mass is 19.1. The van der Waals surface area contributed by atoms with Crippen LogP contribution >= 0.6 is 0 Å². The molecule has 2 atom stereocenters. The smallest absolute Gasteiger partial charge is 0.333 e. The Morgan fingerprint density at radius 2 is 2.06 bits per heavy atom. The molecule has 2 aliphatic carbocycles. The van der Waals surface area contributed by atoms with Gasteiger partial charge in [-0.3, -0.25) is 0 Å². The van der Waals surface area contributed by atoms with Gasteiger partial charge in [-0.25, -0.2) is 28.5 Å². The summed E-state index contributed by atoms with van der Waals surface area (Å²) < 4.78 is 30.2. The molecule has 1 fully saturated rings. The van der Waals surface area contributed by atoms with Gasteiger partial charge in [-0.2, -0.15) is 0 Å². The fraction of sp³-hybridized carbons (Fsp3) is 0.304. The zero-order chi connectivity index (χ0) is 22.0. The van der Waals surface area contributed by atoms with Gasteiger partial charge >= 0.3 is 5.97 Å². The van der Waals surface area contributed by atoms with Crippen LogP contribution < -0.4 is 0 Å². The minimum absolute atomic E-state index is 0.0494. The topological polar surface area (TPSA) is 96.7 Å². The summed E-state index contributed by atoms with van der Waals surface area (Å²) in [6.45, 7) is 0. The monoisotopic (exact) mass is 435 g/mol. The summed E-state index contributed by atoms with van der Waals surface area (Å²) >= 11 is 0. The van der Waals surface area contributed by atoms with Crippen LogP contribution in [0.25, 0.3) is 39.2 Å². The zero-order valence-electron chi connectivity index (χ0n) is 17.0. The molecule has 32 heavy (non-hydrogen) atoms. The van der Waals surface area contributed by atoms with Gasteiger partial charge in [-0.05, 0) is 31.2 Å². The molecule has 6 rings (SSSR count). The molecule has 0 spiro atoms. The van der Waals surface area contributed by atoms with Crippen molar-refractivity contribution in [3.63, 3.8) is 0 Å². The number of aliphatic carboxylic acids is 1. The van der Waals surface area contributed by atoms with Crippen molar-refractivity contribution >= 4 is 33.7 Å². The first kappa shape index (κ1) is 19.1. The van der Waals surface area contributed by atoms with E-state index >= 15 is 0 Å². The van der Waals surface area contributed by atoms with Gasteiger partial charge < -0.3 is 14.7 Å². The van der Waals surface area contributed by atoms with Crippen LogP contribution in [0.2, 0.25) is 0 Å². The molecule has 162 valence electrons. The number of pyridine rings is 1. The van der Waals surface area contributed by atoms with E-state index < -0.39 is 17.6 Å². The standard InChI is InChI=1S/C23H19F2N5O2/c24-13-6-14-16(8-27-20(14)26-7-13)21-28-9-17-18(25)10-30(22(17)29-21)19-12-3-1-2-11(4-12)5-15(19)23(31)32/h6-12H,1-5H2,(H,26,27)(H,31,32). The maximum atomic E-state index is 14.9. The molecule has 2 N–H and O–H groups in total. The lowest BCUT2D eigenvalue weighted by atomic mass is 9.71. The van der Waals surface area contributed by atoms with Crippen LogP contribution in [0.5, 0.6) is 0 Å². The molecule has 0 amide bonds. The molecule has 0 radical (unpaired) electrons. The summed E-state index contributed by atoms with van der Waals surface area (Å²) in [4.78, 5) is 28.0. The second-order valence-corrected chi connectivity index (χ2v) is 8.63. The Morgan fingerprint density at radius 3 is 2.91 bits per heavy atom. The van der Waals surface area contributed by atoms with Crippen molar-refractivity contribution < 1.29 is 18.7 Å². The van der Waals surface area contributed by atoms with Crippen molar-refractivity contribution in [1.82, 2.24) is 24.5 Å². The summed E-state index contributed by atoms with van der Waals surface area (Å²) in [5, 5.41) is 10.6. The molecule has 1 saturated carbocycles. The van der Waals surface area contributed by atoms with Crippen LogP contribution in [-0.2, 0) is 4.79 Å². The molecule has 2 unspecified atom stereocenters. The van der Waals surface area contributed by atoms with Gasteiger partial charge in [0, 0.05) is 41.2 Å². The van der Waals surface area contributed by atoms with Crippen molar-refractivity contribution in [2.75, 3.05) is 0 Å². The predicted molar refractivity (Wildman–Crippen MR) is 113 cm³/mol. The number of carboxylic acid groups (broad SMARTS) is 1. The Kier molecular flexibility index (Phi) is 4.14. The van der Waals surface area contributed by atoms with Crippen molar-refractivity contribution in [1.29, 1.82) is 0 Å². The van der Waals surface area contributed by atoms with Crippen LogP contribution in [0.4, 0.5) is 8.78 Å². The van der Waals surface area contributed by atoms with Gasteiger partial charge in [0.25, 0.3) is 0 Å². The average molecular weight is 435 g/mol. The predicted octanol–water partition coefficient (Wildman–Crippen LogP) is 4.76. The van der Waals surface area contributed by atoms with Gasteiger partial charge in [0.1, 0.15) is 11.5 Å². The number of aromatic amines is 1. The van der Waals surface area contributed by atoms with E-state index in [0.29, 0.717) is 45.9 Å². The number of hydrogen-bond acceptors (Lipinski definition) is 4. The fourth-order valence-corrected chi connectivity index (χ4v) is 5.35. The lowest BCUT2D eigenvalue weighted by molar-refractivity contribution is -0.133. The Bertz CT molecular complexity index is 1440. The van der Waals surface area contributed by atoms with E-state index in [1.807, 2.05) is 0 Å². The lowest BCUT2D eigenvalue weighted by Gasteiger charge is -2.37. The number of H-pyrrole nitrogens is 1. The first-order valence-corrected chi connectivity index (χ1v) is 10.6. The third kappa shape index (κ3) is 2.84. The van der Waals surface area contributed by atoms with Gasteiger partial charge in [-0.1, -0.05) is 12.8 Å². The minimum Gasteiger partial charge on any atom is -0.478 e. The molecule has 9 heteroatoms. The Labute approximate surface area is 180 Å². The van der Waals surface area contributed by atoms with Crippen molar-refractivity contribution in [3.8, 4) is 11.4 Å². The van der Waals surface area contributed by atoms with Crippen LogP contribution in [-0.4, -0.2) is 35.6 Å². The Morgan fingerprint density at radius 1 is 1.19 bits per heavy atom. The number of halogens is 2. The molecular formula is C23H19F2N5O2. The lowest BCUT2D eigenvalue weighted by Crippen LogP contribution is -2.28. The van der Waals surface area contributed by atoms with Gasteiger partial charge in [-0.15, -0.1) is 0 Å². The molecule has 7 nitrogen and oxygen atoms in total. The molecule has 0 aliphatic heterocycles. The summed E-state index contributed by atoms with van der Waals surface area (Å²) in [7, 11) is 0. The molecule has 2 aliphatic rings. The quantitative estimate of drug-likeness (QED) is 0.484. The summed E-state index contributed by atoms with van der Waals surface area (Å²) in [6.07, 6.45) is 9.77. The van der Waals surface area contributed by atoms with E-state index in [4.69, 9.17) is 0 Å². The maximum absolute atomic E-state index is 14.9. The Hall–Kier alpha value is -3.62. The number of hydrogen-bond donors (Lipinski definition) is 2. The number of carbonyl (C=O) groups is 1. The SMILES string of the molecule is O=C(O)C1=C(n2cc(F)c3cnc(-c4c[nH]c5ncc(F)cc45)nc32)C2CCCC(C1)C2. The summed E-state index contributed by atoms with van der Waals surface area (Å²) in [5.74, 6) is -1.27. The maximum Gasteiger partial charge on any atom is 0.333 e. The number of allylic oxidation sites excluding steroid dienone is 1. The van der Waals surface area contributed by atoms with E-state index in [9.17, 15) is 18.7 Å². The second-order valence-electron chi connectivity index (χ2n) is 8.63. The van der Waals surface area contributed by atoms with Gasteiger partial charge in [0.2, 0.25) is 0 Å². The molecule has 4 aromatic rings. The number of nitrogens with one attached hydrogen (secondary N) is 1. The number of fused-ring (bicyclic) bond motifs is 4. The van der Waals surface area contributed by atoms with E-state index in [1.165, 1.54) is 18.5 Å². The van der Waals surface area contributed by atoms with E-state index in [2.05, 4.69) is 19.9 Å². The largest absolute Gasteiger partial charge is 0.478 e. The number of nitrogens with zero attached hydrogens (tertiary/aromatic N) is 4. The molecule has 4 aromatic heterocycles. The van der Waals surface area contributed by atoms with Gasteiger partial charge in [0.15, 0.2) is 17.3 Å². The summed E-state index contributed by atoms with van der Waals surface area (Å²) in [6, 6.07) is 1.34. The van der Waals surface area contributed by atoms with Crippen molar-refractivity contribution in [2.24, 2.45) is 11.8 Å². The highest BCUT2D eigenvalue weighted by Gasteiger charge is 2.36. The third-order valence-corrected chi connectivity index (χ3v) is 6.72. The highest BCUT2D eigenvalue weighted by molar-refractivity contribution is 5.96. The van der Waals surface area contributed by atoms with E-state index in [1.54, 1.807) is 10.8 Å². The molecule has 0 aromatic carbocycles. The van der Waals surface area contributed by atoms with Crippen LogP contribution in [0.3, 0.4) is 0 Å². The van der Waals surface area contributed by atoms with Crippen LogP contribution in [0.1, 0.15) is 32.1 Å². The van der Waals surface area contributed by atoms with Gasteiger partial charge in [0.05, 0.1) is 17.2 Å². The number of aromatic nitrogens is 5. The fourth-order valence-electron chi connectivity index (χ4n) is 5.35. The summed E-state index contributed by atoms with van der Waals surface area (Å²) in [5.41, 5.74) is 2.29. The first-order valence-electron chi connectivity index (χ1n) is 10.6. The average Bonchev–Trinajstić information content (AvgIpc) is 3.34. The number of carboxylic acids is 1. The third-order valence-electron chi connectivity index (χ3n) is 6.72. The molecular weight excluding hydrogens is 416 g/mol. The normalized spacial score (nSPS) is 20.9. The first-order chi connectivity index (χ1) is 15.5. The van der Waals surface area contributed by atoms with Crippen LogP contribution in [0, 0.1) is 23.5 Å². The Balaban J connectivity index is 1.58. The highest BCUT2D eigenvalue weighted by Crippen LogP contribution is 2.46. The molecule has 2 bridgehead atoms. The van der Waals surface area contributed by atoms with E-state index in [0.717, 1.165) is 31.9 Å². The second kappa shape index (κ2) is 6.94. The van der Waals surface area contributed by atoms with Crippen molar-refractivity contribution in [3.05, 3.63) is 48.1 Å². The van der Waals surface area contributed by atoms with E-state index in [-0.39, 0.29) is 17.1 Å². The minimum atomic E-state index is -0.966. The number of rotatable bonds is 3. The zero-order valence-corrected chi connectivity index (χ0v) is 17.0. The van der Waals surface area contributed by atoms with Crippen molar-refractivity contribution in [2.45, 2.75) is 32.1 Å². The molecule has 0 saturated heterocycles. The van der Waals surface area contributed by atoms with Crippen LogP contribution in [0.15, 0.2) is 36.4 Å². The molecule has 4 heterocycles.